The molecule has 0 amide bonds. The van der Waals surface area contributed by atoms with Gasteiger partial charge in [-0.3, -0.25) is 0 Å². The zero-order chi connectivity index (χ0) is 19.8. The average Bonchev–Trinajstić information content (AvgIpc) is 2.54. The summed E-state index contributed by atoms with van der Waals surface area (Å²) in [7, 11) is 1.00. The molecule has 2 atom stereocenters. The maximum atomic E-state index is 5.83. The van der Waals surface area contributed by atoms with E-state index in [-0.39, 0.29) is 0 Å². The van der Waals surface area contributed by atoms with Gasteiger partial charge in [0.25, 0.3) is 6.48 Å². The second-order valence-corrected chi connectivity index (χ2v) is 8.57. The number of ether oxygens (including phenoxy) is 3. The lowest BCUT2D eigenvalue weighted by Crippen LogP contribution is -2.24. The topological polar surface area (TPSA) is 27.7 Å². The van der Waals surface area contributed by atoms with E-state index >= 15 is 0 Å². The van der Waals surface area contributed by atoms with Crippen LogP contribution in [0.1, 0.15) is 80.1 Å². The monoisotopic (exact) mass is 384 g/mol. The molecule has 154 valence electrons. The van der Waals surface area contributed by atoms with Gasteiger partial charge in [0.05, 0.1) is 13.2 Å². The molecule has 0 aliphatic carbocycles. The van der Waals surface area contributed by atoms with Crippen molar-refractivity contribution >= 4 is 10.2 Å². The van der Waals surface area contributed by atoms with E-state index in [2.05, 4.69) is 53.7 Å². The summed E-state index contributed by atoms with van der Waals surface area (Å²) in [6.45, 7) is 14.1. The number of allylic oxidation sites excluding steroid dienone is 4. The first-order valence-corrected chi connectivity index (χ1v) is 11.9. The quantitative estimate of drug-likeness (QED) is 0.208. The Bertz CT molecular complexity index is 351. The summed E-state index contributed by atoms with van der Waals surface area (Å²) >= 11 is 0. The van der Waals surface area contributed by atoms with Crippen molar-refractivity contribution in [1.82, 2.24) is 0 Å². The van der Waals surface area contributed by atoms with E-state index in [1.165, 1.54) is 24.0 Å². The summed E-state index contributed by atoms with van der Waals surface area (Å²) in [5.41, 5.74) is 2.80. The van der Waals surface area contributed by atoms with Gasteiger partial charge in [-0.05, 0) is 78.1 Å². The summed E-state index contributed by atoms with van der Waals surface area (Å²) in [4.78, 5) is 0. The van der Waals surface area contributed by atoms with E-state index < -0.39 is 6.48 Å². The van der Waals surface area contributed by atoms with E-state index in [4.69, 9.17) is 14.2 Å². The van der Waals surface area contributed by atoms with Crippen LogP contribution in [-0.4, -0.2) is 36.2 Å². The fourth-order valence-electron chi connectivity index (χ4n) is 2.61. The first-order valence-electron chi connectivity index (χ1n) is 10.5. The Balaban J connectivity index is 3.91. The standard InChI is InChI=1S/C22H44O3Si/c1-18(2)9-7-11-20(5)13-15-23-22(25-17-26)24-16-14-21(6)12-8-10-19(3)4/h9-10,20-22H,7-8,11-17H2,1-6,26H3. The third-order valence-electron chi connectivity index (χ3n) is 4.46. The van der Waals surface area contributed by atoms with Crippen molar-refractivity contribution in [2.75, 3.05) is 19.4 Å². The van der Waals surface area contributed by atoms with Gasteiger partial charge in [0.1, 0.15) is 0 Å². The minimum absolute atomic E-state index is 0.484. The Morgan fingerprint density at radius 2 is 1.15 bits per heavy atom. The molecular formula is C22H44O3Si. The smallest absolute Gasteiger partial charge is 0.271 e. The Morgan fingerprint density at radius 3 is 1.50 bits per heavy atom. The third kappa shape index (κ3) is 17.0. The Kier molecular flexibility index (Phi) is 16.5. The summed E-state index contributed by atoms with van der Waals surface area (Å²) < 4.78 is 17.3. The van der Waals surface area contributed by atoms with Crippen LogP contribution in [0, 0.1) is 11.8 Å². The zero-order valence-electron chi connectivity index (χ0n) is 18.5. The average molecular weight is 385 g/mol. The second kappa shape index (κ2) is 16.7. The van der Waals surface area contributed by atoms with Crippen LogP contribution >= 0.6 is 0 Å². The van der Waals surface area contributed by atoms with Gasteiger partial charge in [0.15, 0.2) is 0 Å². The zero-order valence-corrected chi connectivity index (χ0v) is 20.5. The molecule has 0 aromatic carbocycles. The molecule has 0 spiro atoms. The molecule has 4 heteroatoms. The lowest BCUT2D eigenvalue weighted by Gasteiger charge is -2.20. The molecular weight excluding hydrogens is 340 g/mol. The van der Waals surface area contributed by atoms with Crippen molar-refractivity contribution in [1.29, 1.82) is 0 Å². The molecule has 0 rings (SSSR count). The van der Waals surface area contributed by atoms with E-state index in [0.717, 1.165) is 42.2 Å². The normalized spacial score (nSPS) is 14.7. The van der Waals surface area contributed by atoms with E-state index in [9.17, 15) is 0 Å². The first-order chi connectivity index (χ1) is 12.3. The molecule has 0 bridgehead atoms. The van der Waals surface area contributed by atoms with Crippen molar-refractivity contribution in [2.24, 2.45) is 11.8 Å². The van der Waals surface area contributed by atoms with Gasteiger partial charge in [-0.15, -0.1) is 0 Å². The summed E-state index contributed by atoms with van der Waals surface area (Å²) in [6.07, 6.45) is 12.2. The van der Waals surface area contributed by atoms with Crippen LogP contribution in [0.2, 0.25) is 0 Å². The molecule has 0 aromatic rings. The van der Waals surface area contributed by atoms with E-state index in [1.807, 2.05) is 0 Å². The largest absolute Gasteiger partial charge is 0.334 e. The SMILES string of the molecule is CC(C)=CCCC(C)CCOC(OC[SiH3])OCCC(C)CCC=C(C)C. The predicted octanol–water partition coefficient (Wildman–Crippen LogP) is 5.19. The Hall–Kier alpha value is -0.423. The molecule has 0 aromatic heterocycles. The molecule has 0 radical (unpaired) electrons. The molecule has 0 N–H and O–H groups in total. The first kappa shape index (κ1) is 25.6. The maximum absolute atomic E-state index is 5.83. The number of hydrogen-bond acceptors (Lipinski definition) is 3. The molecule has 0 saturated heterocycles. The van der Waals surface area contributed by atoms with Crippen LogP contribution in [0.4, 0.5) is 0 Å². The van der Waals surface area contributed by atoms with Crippen LogP contribution in [-0.2, 0) is 14.2 Å². The Morgan fingerprint density at radius 1 is 0.731 bits per heavy atom. The van der Waals surface area contributed by atoms with Gasteiger partial charge in [-0.2, -0.15) is 0 Å². The van der Waals surface area contributed by atoms with Gasteiger partial charge < -0.3 is 14.2 Å². The lowest BCUT2D eigenvalue weighted by atomic mass is 10.0. The van der Waals surface area contributed by atoms with Crippen molar-refractivity contribution in [3.8, 4) is 0 Å². The molecule has 3 nitrogen and oxygen atoms in total. The van der Waals surface area contributed by atoms with Crippen molar-refractivity contribution in [3.63, 3.8) is 0 Å². The van der Waals surface area contributed by atoms with E-state index in [1.54, 1.807) is 0 Å². The maximum Gasteiger partial charge on any atom is 0.271 e. The molecule has 0 aliphatic rings. The summed E-state index contributed by atoms with van der Waals surface area (Å²) in [5, 5.41) is 0. The predicted molar refractivity (Wildman–Crippen MR) is 116 cm³/mol. The number of rotatable bonds is 16. The fourth-order valence-corrected chi connectivity index (χ4v) is 2.89. The van der Waals surface area contributed by atoms with Crippen LogP contribution in [0.3, 0.4) is 0 Å². The Labute approximate surface area is 166 Å². The highest BCUT2D eigenvalue weighted by atomic mass is 28.1. The third-order valence-corrected chi connectivity index (χ3v) is 4.79. The minimum atomic E-state index is -0.484. The van der Waals surface area contributed by atoms with E-state index in [0.29, 0.717) is 25.0 Å². The molecule has 2 unspecified atom stereocenters. The molecule has 0 saturated carbocycles. The van der Waals surface area contributed by atoms with Gasteiger partial charge in [-0.25, -0.2) is 0 Å². The minimum Gasteiger partial charge on any atom is -0.334 e. The summed E-state index contributed by atoms with van der Waals surface area (Å²) in [5.74, 6) is 1.33. The molecule has 0 fully saturated rings. The highest BCUT2D eigenvalue weighted by Gasteiger charge is 2.11. The second-order valence-electron chi connectivity index (χ2n) is 7.99. The van der Waals surface area contributed by atoms with Crippen molar-refractivity contribution in [2.45, 2.75) is 86.5 Å². The van der Waals surface area contributed by atoms with Crippen molar-refractivity contribution < 1.29 is 14.2 Å². The molecule has 0 heterocycles. The molecule has 0 aliphatic heterocycles. The summed E-state index contributed by atoms with van der Waals surface area (Å²) in [6, 6.07) is 0. The highest BCUT2D eigenvalue weighted by Crippen LogP contribution is 2.14. The highest BCUT2D eigenvalue weighted by molar-refractivity contribution is 6.08. The number of hydrogen-bond donors (Lipinski definition) is 0. The van der Waals surface area contributed by atoms with Gasteiger partial charge in [0, 0.05) is 16.5 Å². The van der Waals surface area contributed by atoms with Gasteiger partial charge in [0.2, 0.25) is 0 Å². The molecule has 26 heavy (non-hydrogen) atoms. The van der Waals surface area contributed by atoms with Crippen LogP contribution in [0.15, 0.2) is 23.3 Å². The van der Waals surface area contributed by atoms with Crippen LogP contribution in [0.25, 0.3) is 0 Å². The van der Waals surface area contributed by atoms with Crippen molar-refractivity contribution in [3.05, 3.63) is 23.3 Å². The van der Waals surface area contributed by atoms with Crippen LogP contribution in [0.5, 0.6) is 0 Å². The van der Waals surface area contributed by atoms with Gasteiger partial charge >= 0.3 is 0 Å². The van der Waals surface area contributed by atoms with Gasteiger partial charge in [-0.1, -0.05) is 37.1 Å². The van der Waals surface area contributed by atoms with Crippen LogP contribution < -0.4 is 0 Å². The lowest BCUT2D eigenvalue weighted by molar-refractivity contribution is -0.282. The fraction of sp³-hybridized carbons (Fsp3) is 0.818.